The van der Waals surface area contributed by atoms with Gasteiger partial charge in [0.25, 0.3) is 0 Å². The molecule has 0 atom stereocenters. The Balaban J connectivity index is 2.61. The highest BCUT2D eigenvalue weighted by atomic mass is 35.5. The highest BCUT2D eigenvalue weighted by Crippen LogP contribution is 2.24. The monoisotopic (exact) mass is 278 g/mol. The van der Waals surface area contributed by atoms with Crippen LogP contribution in [0.3, 0.4) is 0 Å². The lowest BCUT2D eigenvalue weighted by molar-refractivity contribution is 0.426. The van der Waals surface area contributed by atoms with Crippen molar-refractivity contribution < 1.29 is 14.4 Å². The lowest BCUT2D eigenvalue weighted by atomic mass is 9.74. The van der Waals surface area contributed by atoms with E-state index in [-0.39, 0.29) is 0 Å². The van der Waals surface area contributed by atoms with Crippen molar-refractivity contribution in [1.29, 1.82) is 0 Å². The molecule has 2 rings (SSSR count). The van der Waals surface area contributed by atoms with Crippen LogP contribution in [0.5, 0.6) is 0 Å². The molecule has 2 aromatic rings. The first-order valence-electron chi connectivity index (χ1n) is 5.97. The first-order chi connectivity index (χ1) is 9.02. The second-order valence-corrected chi connectivity index (χ2v) is 4.71. The minimum atomic E-state index is -1.64. The smallest absolute Gasteiger partial charge is 0.423 e. The SMILES string of the molecule is CCc1ccc(-c2ccc(Cl)cc2F)c(B(O)O)c1. The van der Waals surface area contributed by atoms with E-state index in [1.165, 1.54) is 12.1 Å². The third-order valence-electron chi connectivity index (χ3n) is 3.02. The van der Waals surface area contributed by atoms with E-state index in [0.29, 0.717) is 21.6 Å². The van der Waals surface area contributed by atoms with Crippen LogP contribution in [-0.2, 0) is 6.42 Å². The summed E-state index contributed by atoms with van der Waals surface area (Å²) in [5.41, 5.74) is 2.01. The summed E-state index contributed by atoms with van der Waals surface area (Å²) in [6.07, 6.45) is 0.767. The van der Waals surface area contributed by atoms with Crippen molar-refractivity contribution in [3.8, 4) is 11.1 Å². The maximum absolute atomic E-state index is 13.9. The van der Waals surface area contributed by atoms with Crippen molar-refractivity contribution in [2.24, 2.45) is 0 Å². The minimum Gasteiger partial charge on any atom is -0.423 e. The largest absolute Gasteiger partial charge is 0.489 e. The van der Waals surface area contributed by atoms with Crippen LogP contribution in [0.25, 0.3) is 11.1 Å². The summed E-state index contributed by atoms with van der Waals surface area (Å²) in [6, 6.07) is 9.52. The average molecular weight is 279 g/mol. The Hall–Kier alpha value is -1.36. The van der Waals surface area contributed by atoms with Crippen LogP contribution in [0.4, 0.5) is 4.39 Å². The molecule has 2 nitrogen and oxygen atoms in total. The maximum atomic E-state index is 13.9. The molecule has 98 valence electrons. The second-order valence-electron chi connectivity index (χ2n) is 4.27. The Kier molecular flexibility index (Phi) is 4.25. The summed E-state index contributed by atoms with van der Waals surface area (Å²) in [4.78, 5) is 0. The van der Waals surface area contributed by atoms with E-state index >= 15 is 0 Å². The van der Waals surface area contributed by atoms with E-state index in [2.05, 4.69) is 0 Å². The van der Waals surface area contributed by atoms with Gasteiger partial charge in [-0.15, -0.1) is 0 Å². The van der Waals surface area contributed by atoms with Gasteiger partial charge in [-0.3, -0.25) is 0 Å². The molecule has 0 saturated heterocycles. The third-order valence-corrected chi connectivity index (χ3v) is 3.26. The van der Waals surface area contributed by atoms with Crippen LogP contribution in [-0.4, -0.2) is 17.2 Å². The summed E-state index contributed by atoms with van der Waals surface area (Å²) >= 11 is 5.72. The van der Waals surface area contributed by atoms with Crippen LogP contribution in [0.2, 0.25) is 5.02 Å². The fraction of sp³-hybridized carbons (Fsp3) is 0.143. The molecule has 0 bridgehead atoms. The Bertz CT molecular complexity index is 602. The molecular weight excluding hydrogens is 265 g/mol. The van der Waals surface area contributed by atoms with Crippen molar-refractivity contribution in [3.05, 3.63) is 52.8 Å². The zero-order valence-electron chi connectivity index (χ0n) is 10.4. The van der Waals surface area contributed by atoms with Gasteiger partial charge < -0.3 is 10.0 Å². The van der Waals surface area contributed by atoms with Crippen LogP contribution in [0, 0.1) is 5.82 Å². The Morgan fingerprint density at radius 2 is 1.79 bits per heavy atom. The van der Waals surface area contributed by atoms with Gasteiger partial charge in [0.1, 0.15) is 5.82 Å². The maximum Gasteiger partial charge on any atom is 0.489 e. The lowest BCUT2D eigenvalue weighted by Gasteiger charge is -2.12. The second kappa shape index (κ2) is 5.74. The Morgan fingerprint density at radius 1 is 1.11 bits per heavy atom. The molecule has 19 heavy (non-hydrogen) atoms. The first kappa shape index (κ1) is 14.1. The van der Waals surface area contributed by atoms with Crippen molar-refractivity contribution in [2.45, 2.75) is 13.3 Å². The zero-order valence-corrected chi connectivity index (χ0v) is 11.2. The van der Waals surface area contributed by atoms with Crippen LogP contribution >= 0.6 is 11.6 Å². The molecular formula is C14H13BClFO2. The number of aryl methyl sites for hydroxylation is 1. The van der Waals surface area contributed by atoms with Gasteiger partial charge >= 0.3 is 7.12 Å². The van der Waals surface area contributed by atoms with Gasteiger partial charge in [-0.05, 0) is 41.2 Å². The molecule has 0 heterocycles. The van der Waals surface area contributed by atoms with E-state index in [0.717, 1.165) is 12.0 Å². The summed E-state index contributed by atoms with van der Waals surface area (Å²) < 4.78 is 13.9. The van der Waals surface area contributed by atoms with Crippen molar-refractivity contribution in [2.75, 3.05) is 0 Å². The van der Waals surface area contributed by atoms with Crippen molar-refractivity contribution in [1.82, 2.24) is 0 Å². The quantitative estimate of drug-likeness (QED) is 0.846. The summed E-state index contributed by atoms with van der Waals surface area (Å²) in [5, 5.41) is 19.2. The van der Waals surface area contributed by atoms with Gasteiger partial charge in [-0.25, -0.2) is 4.39 Å². The van der Waals surface area contributed by atoms with Crippen LogP contribution < -0.4 is 5.46 Å². The molecule has 2 aromatic carbocycles. The van der Waals surface area contributed by atoms with Crippen LogP contribution in [0.1, 0.15) is 12.5 Å². The minimum absolute atomic E-state index is 0.292. The number of benzene rings is 2. The van der Waals surface area contributed by atoms with E-state index in [1.807, 2.05) is 13.0 Å². The third kappa shape index (κ3) is 2.97. The molecule has 2 N–H and O–H groups in total. The molecule has 0 aliphatic carbocycles. The molecule has 0 fully saturated rings. The number of halogens is 2. The molecule has 5 heteroatoms. The molecule has 0 aliphatic heterocycles. The van der Waals surface area contributed by atoms with Gasteiger partial charge in [-0.1, -0.05) is 36.7 Å². The normalized spacial score (nSPS) is 10.6. The summed E-state index contributed by atoms with van der Waals surface area (Å²) in [7, 11) is -1.64. The molecule has 0 spiro atoms. The predicted molar refractivity (Wildman–Crippen MR) is 76.0 cm³/mol. The Labute approximate surface area is 116 Å². The highest BCUT2D eigenvalue weighted by molar-refractivity contribution is 6.60. The highest BCUT2D eigenvalue weighted by Gasteiger charge is 2.19. The van der Waals surface area contributed by atoms with Crippen LogP contribution in [0.15, 0.2) is 36.4 Å². The number of hydrogen-bond acceptors (Lipinski definition) is 2. The van der Waals surface area contributed by atoms with E-state index in [9.17, 15) is 14.4 Å². The molecule has 0 aliphatic rings. The van der Waals surface area contributed by atoms with E-state index in [4.69, 9.17) is 11.6 Å². The topological polar surface area (TPSA) is 40.5 Å². The van der Waals surface area contributed by atoms with Gasteiger partial charge in [-0.2, -0.15) is 0 Å². The fourth-order valence-electron chi connectivity index (χ4n) is 2.00. The molecule has 0 saturated carbocycles. The summed E-state index contributed by atoms with van der Waals surface area (Å²) in [5.74, 6) is -0.487. The first-order valence-corrected chi connectivity index (χ1v) is 6.35. The van der Waals surface area contributed by atoms with Crippen molar-refractivity contribution in [3.63, 3.8) is 0 Å². The van der Waals surface area contributed by atoms with Gasteiger partial charge in [0, 0.05) is 10.6 Å². The summed E-state index contributed by atoms with van der Waals surface area (Å²) in [6.45, 7) is 1.96. The lowest BCUT2D eigenvalue weighted by Crippen LogP contribution is -2.32. The van der Waals surface area contributed by atoms with Gasteiger partial charge in [0.15, 0.2) is 0 Å². The zero-order chi connectivity index (χ0) is 14.0. The van der Waals surface area contributed by atoms with E-state index in [1.54, 1.807) is 18.2 Å². The fourth-order valence-corrected chi connectivity index (χ4v) is 2.16. The Morgan fingerprint density at radius 3 is 2.37 bits per heavy atom. The molecule has 0 amide bonds. The number of rotatable bonds is 3. The predicted octanol–water partition coefficient (Wildman–Crippen LogP) is 2.39. The average Bonchev–Trinajstić information content (AvgIpc) is 2.38. The molecule has 0 unspecified atom stereocenters. The number of hydrogen-bond donors (Lipinski definition) is 2. The molecule has 0 radical (unpaired) electrons. The van der Waals surface area contributed by atoms with Crippen molar-refractivity contribution >= 4 is 24.2 Å². The van der Waals surface area contributed by atoms with Gasteiger partial charge in [0.2, 0.25) is 0 Å². The van der Waals surface area contributed by atoms with Gasteiger partial charge in [0.05, 0.1) is 0 Å². The van der Waals surface area contributed by atoms with E-state index < -0.39 is 12.9 Å². The molecule has 0 aromatic heterocycles. The standard InChI is InChI=1S/C14H13BClFO2/c1-2-9-3-5-11(13(7-9)15(18)19)12-6-4-10(16)8-14(12)17/h3-8,18-19H,2H2,1H3.